The monoisotopic (exact) mass is 335 g/mol. The van der Waals surface area contributed by atoms with Crippen molar-refractivity contribution in [3.63, 3.8) is 0 Å². The summed E-state index contributed by atoms with van der Waals surface area (Å²) < 4.78 is 0. The van der Waals surface area contributed by atoms with Gasteiger partial charge in [-0.3, -0.25) is 9.59 Å². The van der Waals surface area contributed by atoms with E-state index in [4.69, 9.17) is 0 Å². The fourth-order valence-corrected chi connectivity index (χ4v) is 3.12. The average molecular weight is 335 g/mol. The summed E-state index contributed by atoms with van der Waals surface area (Å²) in [6, 6.07) is 8.11. The van der Waals surface area contributed by atoms with Crippen molar-refractivity contribution in [2.45, 2.75) is 31.2 Å². The molecule has 1 aliphatic rings. The number of nitrogens with zero attached hydrogens (tertiary/aromatic N) is 1. The molecule has 0 spiro atoms. The van der Waals surface area contributed by atoms with Crippen LogP contribution in [-0.2, 0) is 9.59 Å². The minimum Gasteiger partial charge on any atom is -0.354 e. The zero-order valence-corrected chi connectivity index (χ0v) is 14.8. The molecule has 23 heavy (non-hydrogen) atoms. The second-order valence-corrected chi connectivity index (χ2v) is 6.69. The standard InChI is InChI=1S/C17H25N3O2S/c1-4-18-12(2)10-19-17(22)13-9-16(21)20(11-13)14-5-7-15(23-3)8-6-14/h5-8,12-13,18H,4,9-11H2,1-3H3,(H,19,22)/t12-,13?/m1/s1. The maximum Gasteiger partial charge on any atom is 0.227 e. The number of likely N-dealkylation sites (N-methyl/N-ethyl adjacent to an activating group) is 1. The third-order valence-electron chi connectivity index (χ3n) is 4.01. The van der Waals surface area contributed by atoms with E-state index in [1.165, 1.54) is 0 Å². The van der Waals surface area contributed by atoms with E-state index in [0.717, 1.165) is 17.1 Å². The van der Waals surface area contributed by atoms with Crippen molar-refractivity contribution in [1.82, 2.24) is 10.6 Å². The highest BCUT2D eigenvalue weighted by molar-refractivity contribution is 7.98. The van der Waals surface area contributed by atoms with Crippen LogP contribution in [-0.4, -0.2) is 43.7 Å². The molecule has 2 atom stereocenters. The van der Waals surface area contributed by atoms with Gasteiger partial charge in [0.1, 0.15) is 0 Å². The molecule has 0 saturated carbocycles. The Balaban J connectivity index is 1.92. The van der Waals surface area contributed by atoms with E-state index >= 15 is 0 Å². The number of hydrogen-bond acceptors (Lipinski definition) is 4. The van der Waals surface area contributed by atoms with Crippen LogP contribution in [0.5, 0.6) is 0 Å². The van der Waals surface area contributed by atoms with E-state index in [0.29, 0.717) is 13.1 Å². The Morgan fingerprint density at radius 1 is 1.39 bits per heavy atom. The zero-order chi connectivity index (χ0) is 16.8. The minimum absolute atomic E-state index is 0.0155. The quantitative estimate of drug-likeness (QED) is 0.747. The molecule has 5 nitrogen and oxygen atoms in total. The molecule has 0 bridgehead atoms. The van der Waals surface area contributed by atoms with Crippen molar-refractivity contribution in [1.29, 1.82) is 0 Å². The van der Waals surface area contributed by atoms with E-state index in [9.17, 15) is 9.59 Å². The molecule has 1 unspecified atom stereocenters. The highest BCUT2D eigenvalue weighted by atomic mass is 32.2. The highest BCUT2D eigenvalue weighted by Gasteiger charge is 2.35. The molecule has 0 aliphatic carbocycles. The van der Waals surface area contributed by atoms with E-state index in [-0.39, 0.29) is 30.2 Å². The average Bonchev–Trinajstić information content (AvgIpc) is 2.95. The van der Waals surface area contributed by atoms with Gasteiger partial charge in [-0.2, -0.15) is 0 Å². The maximum atomic E-state index is 12.3. The van der Waals surface area contributed by atoms with Crippen LogP contribution in [0.15, 0.2) is 29.2 Å². The van der Waals surface area contributed by atoms with Crippen LogP contribution in [0.4, 0.5) is 5.69 Å². The molecule has 2 N–H and O–H groups in total. The van der Waals surface area contributed by atoms with Gasteiger partial charge in [-0.05, 0) is 44.0 Å². The van der Waals surface area contributed by atoms with Gasteiger partial charge in [-0.1, -0.05) is 6.92 Å². The van der Waals surface area contributed by atoms with Crippen LogP contribution in [0.3, 0.4) is 0 Å². The molecule has 6 heteroatoms. The molecule has 1 aromatic rings. The van der Waals surface area contributed by atoms with Gasteiger partial charge in [0.05, 0.1) is 5.92 Å². The molecular formula is C17H25N3O2S. The van der Waals surface area contributed by atoms with E-state index < -0.39 is 0 Å². The molecular weight excluding hydrogens is 310 g/mol. The first-order valence-electron chi connectivity index (χ1n) is 8.00. The smallest absolute Gasteiger partial charge is 0.227 e. The van der Waals surface area contributed by atoms with Crippen LogP contribution >= 0.6 is 11.8 Å². The summed E-state index contributed by atoms with van der Waals surface area (Å²) in [4.78, 5) is 27.3. The van der Waals surface area contributed by atoms with Crippen molar-refractivity contribution in [2.75, 3.05) is 30.8 Å². The Morgan fingerprint density at radius 3 is 2.70 bits per heavy atom. The number of hydrogen-bond donors (Lipinski definition) is 2. The van der Waals surface area contributed by atoms with Crippen molar-refractivity contribution in [3.8, 4) is 0 Å². The first kappa shape index (κ1) is 17.8. The Labute approximate surface area is 142 Å². The van der Waals surface area contributed by atoms with Gasteiger partial charge in [-0.25, -0.2) is 0 Å². The van der Waals surface area contributed by atoms with E-state index in [2.05, 4.69) is 10.6 Å². The molecule has 1 heterocycles. The molecule has 1 saturated heterocycles. The molecule has 1 fully saturated rings. The van der Waals surface area contributed by atoms with Gasteiger partial charge in [0.2, 0.25) is 11.8 Å². The third kappa shape index (κ3) is 4.72. The number of rotatable bonds is 7. The number of carbonyl (C=O) groups excluding carboxylic acids is 2. The van der Waals surface area contributed by atoms with Gasteiger partial charge >= 0.3 is 0 Å². The van der Waals surface area contributed by atoms with Crippen molar-refractivity contribution in [3.05, 3.63) is 24.3 Å². The second-order valence-electron chi connectivity index (χ2n) is 5.81. The summed E-state index contributed by atoms with van der Waals surface area (Å²) in [5, 5.41) is 6.19. The molecule has 1 aromatic carbocycles. The van der Waals surface area contributed by atoms with Crippen molar-refractivity contribution in [2.24, 2.45) is 5.92 Å². The molecule has 1 aliphatic heterocycles. The minimum atomic E-state index is -0.267. The lowest BCUT2D eigenvalue weighted by Gasteiger charge is -2.18. The molecule has 0 aromatic heterocycles. The van der Waals surface area contributed by atoms with Gasteiger partial charge in [0.15, 0.2) is 0 Å². The Morgan fingerprint density at radius 2 is 2.09 bits per heavy atom. The molecule has 0 radical (unpaired) electrons. The summed E-state index contributed by atoms with van der Waals surface area (Å²) >= 11 is 1.67. The summed E-state index contributed by atoms with van der Waals surface area (Å²) in [5.74, 6) is -0.287. The zero-order valence-electron chi connectivity index (χ0n) is 14.0. The van der Waals surface area contributed by atoms with Gasteiger partial charge < -0.3 is 15.5 Å². The Bertz CT molecular complexity index is 547. The van der Waals surface area contributed by atoms with Gasteiger partial charge in [0.25, 0.3) is 0 Å². The fourth-order valence-electron chi connectivity index (χ4n) is 2.71. The van der Waals surface area contributed by atoms with Crippen LogP contribution in [0, 0.1) is 5.92 Å². The van der Waals surface area contributed by atoms with Crippen LogP contribution in [0.2, 0.25) is 0 Å². The SMILES string of the molecule is CCN[C@H](C)CNC(=O)C1CC(=O)N(c2ccc(SC)cc2)C1. The van der Waals surface area contributed by atoms with Gasteiger partial charge in [-0.15, -0.1) is 11.8 Å². The van der Waals surface area contributed by atoms with Crippen LogP contribution in [0.1, 0.15) is 20.3 Å². The summed E-state index contributed by atoms with van der Waals surface area (Å²) in [5.41, 5.74) is 0.865. The normalized spacial score (nSPS) is 19.0. The number of thioether (sulfide) groups is 1. The lowest BCUT2D eigenvalue weighted by atomic mass is 10.1. The van der Waals surface area contributed by atoms with Crippen molar-refractivity contribution < 1.29 is 9.59 Å². The summed E-state index contributed by atoms with van der Waals surface area (Å²) in [6.45, 7) is 5.98. The molecule has 2 rings (SSSR count). The lowest BCUT2D eigenvalue weighted by Crippen LogP contribution is -2.41. The Kier molecular flexibility index (Phi) is 6.47. The number of amides is 2. The Hall–Kier alpha value is -1.53. The summed E-state index contributed by atoms with van der Waals surface area (Å²) in [6.07, 6.45) is 2.30. The number of carbonyl (C=O) groups is 2. The van der Waals surface area contributed by atoms with Crippen LogP contribution in [0.25, 0.3) is 0 Å². The maximum absolute atomic E-state index is 12.3. The molecule has 2 amide bonds. The van der Waals surface area contributed by atoms with Crippen LogP contribution < -0.4 is 15.5 Å². The predicted octanol–water partition coefficient (Wildman–Crippen LogP) is 1.88. The topological polar surface area (TPSA) is 61.4 Å². The first-order chi connectivity index (χ1) is 11.0. The van der Waals surface area contributed by atoms with E-state index in [1.54, 1.807) is 16.7 Å². The highest BCUT2D eigenvalue weighted by Crippen LogP contribution is 2.27. The number of benzene rings is 1. The first-order valence-corrected chi connectivity index (χ1v) is 9.23. The largest absolute Gasteiger partial charge is 0.354 e. The lowest BCUT2D eigenvalue weighted by molar-refractivity contribution is -0.126. The second kappa shape index (κ2) is 8.36. The van der Waals surface area contributed by atoms with Crippen molar-refractivity contribution >= 4 is 29.3 Å². The fraction of sp³-hybridized carbons (Fsp3) is 0.529. The van der Waals surface area contributed by atoms with E-state index in [1.807, 2.05) is 44.4 Å². The predicted molar refractivity (Wildman–Crippen MR) is 94.8 cm³/mol. The molecule has 126 valence electrons. The number of nitrogens with one attached hydrogen (secondary N) is 2. The van der Waals surface area contributed by atoms with Gasteiger partial charge in [0, 0.05) is 36.1 Å². The summed E-state index contributed by atoms with van der Waals surface area (Å²) in [7, 11) is 0. The third-order valence-corrected chi connectivity index (χ3v) is 4.76. The number of anilines is 1.